The molecular weight excluding hydrogens is 306 g/mol. The molecule has 0 atom stereocenters. The average Bonchev–Trinajstić information content (AvgIpc) is 2.42. The van der Waals surface area contributed by atoms with Gasteiger partial charge < -0.3 is 4.90 Å². The summed E-state index contributed by atoms with van der Waals surface area (Å²) < 4.78 is 0. The average molecular weight is 328 g/mol. The van der Waals surface area contributed by atoms with Crippen molar-refractivity contribution >= 4 is 21.8 Å². The lowest BCUT2D eigenvalue weighted by Gasteiger charge is -2.22. The number of hydrogen-bond donors (Lipinski definition) is 0. The van der Waals surface area contributed by atoms with Gasteiger partial charge in [0.25, 0.3) is 5.91 Å². The quantitative estimate of drug-likeness (QED) is 0.723. The lowest BCUT2D eigenvalue weighted by molar-refractivity contribution is 0.0762. The molecule has 0 radical (unpaired) electrons. The van der Waals surface area contributed by atoms with Crippen molar-refractivity contribution in [3.63, 3.8) is 0 Å². The molecule has 0 aliphatic heterocycles. The molecule has 0 aromatic carbocycles. The number of carbonyl (C=O) groups excluding carboxylic acids is 1. The van der Waals surface area contributed by atoms with Crippen LogP contribution < -0.4 is 0 Å². The summed E-state index contributed by atoms with van der Waals surface area (Å²) in [6.45, 7) is 7.52. The lowest BCUT2D eigenvalue weighted by Crippen LogP contribution is -2.34. The Bertz CT molecular complexity index is 423. The normalized spacial score (nSPS) is 10.5. The van der Waals surface area contributed by atoms with Crippen LogP contribution in [0, 0.1) is 6.92 Å². The van der Waals surface area contributed by atoms with E-state index < -0.39 is 0 Å². The maximum atomic E-state index is 12.6. The summed E-state index contributed by atoms with van der Waals surface area (Å²) in [5.74, 6) is 0.0720. The summed E-state index contributed by atoms with van der Waals surface area (Å²) >= 11 is 3.41. The smallest absolute Gasteiger partial charge is 0.255 e. The van der Waals surface area contributed by atoms with Crippen LogP contribution in [-0.2, 0) is 6.42 Å². The van der Waals surface area contributed by atoms with E-state index in [0.29, 0.717) is 5.56 Å². The zero-order valence-corrected chi connectivity index (χ0v) is 13.5. The molecule has 0 N–H and O–H groups in total. The molecule has 1 heterocycles. The fraction of sp³-hybridized carbons (Fsp3) is 0.643. The Morgan fingerprint density at radius 3 is 2.63 bits per heavy atom. The summed E-state index contributed by atoms with van der Waals surface area (Å²) in [5.41, 5.74) is 2.27. The zero-order chi connectivity index (χ0) is 14.3. The van der Waals surface area contributed by atoms with E-state index in [2.05, 4.69) is 33.1 Å². The van der Waals surface area contributed by atoms with Crippen molar-refractivity contribution in [2.24, 2.45) is 0 Å². The van der Waals surface area contributed by atoms with E-state index in [0.717, 1.165) is 49.1 Å². The molecule has 1 amide bonds. The summed E-state index contributed by atoms with van der Waals surface area (Å²) in [7, 11) is 0. The molecule has 1 aromatic heterocycles. The molecule has 0 aliphatic carbocycles. The van der Waals surface area contributed by atoms with Crippen LogP contribution in [0.5, 0.6) is 0 Å². The molecule has 19 heavy (non-hydrogen) atoms. The monoisotopic (exact) mass is 327 g/mol. The molecule has 106 valence electrons. The Labute approximate surface area is 123 Å². The molecule has 1 rings (SSSR count). The third-order valence-corrected chi connectivity index (χ3v) is 3.34. The number of nitrogens with zero attached hydrogens (tertiary/aromatic N) is 3. The van der Waals surface area contributed by atoms with Crippen LogP contribution in [0.1, 0.15) is 48.4 Å². The number of aryl methyl sites for hydroxylation is 2. The fourth-order valence-corrected chi connectivity index (χ4v) is 2.32. The highest BCUT2D eigenvalue weighted by molar-refractivity contribution is 9.09. The van der Waals surface area contributed by atoms with Crippen molar-refractivity contribution in [2.45, 2.75) is 40.0 Å². The molecule has 1 aromatic rings. The third-order valence-electron chi connectivity index (χ3n) is 2.98. The van der Waals surface area contributed by atoms with Gasteiger partial charge in [-0.3, -0.25) is 4.79 Å². The number of aromatic nitrogens is 2. The predicted molar refractivity (Wildman–Crippen MR) is 80.8 cm³/mol. The van der Waals surface area contributed by atoms with Gasteiger partial charge in [-0.15, -0.1) is 0 Å². The van der Waals surface area contributed by atoms with Gasteiger partial charge in [0.1, 0.15) is 0 Å². The molecule has 0 saturated carbocycles. The Kier molecular flexibility index (Phi) is 6.99. The molecule has 4 nitrogen and oxygen atoms in total. The van der Waals surface area contributed by atoms with Crippen LogP contribution in [0.25, 0.3) is 0 Å². The molecular formula is C14H22BrN3O. The maximum Gasteiger partial charge on any atom is 0.255 e. The summed E-state index contributed by atoms with van der Waals surface area (Å²) in [4.78, 5) is 14.5. The van der Waals surface area contributed by atoms with Crippen molar-refractivity contribution in [1.29, 1.82) is 0 Å². The van der Waals surface area contributed by atoms with Gasteiger partial charge in [0.15, 0.2) is 0 Å². The Morgan fingerprint density at radius 2 is 2.05 bits per heavy atom. The number of unbranched alkanes of at least 4 members (excludes halogenated alkanes) is 1. The second kappa shape index (κ2) is 8.25. The number of halogens is 1. The first-order valence-corrected chi connectivity index (χ1v) is 7.94. The molecule has 0 spiro atoms. The number of carbonyl (C=O) groups is 1. The van der Waals surface area contributed by atoms with Crippen molar-refractivity contribution in [1.82, 2.24) is 15.1 Å². The molecule has 0 unspecified atom stereocenters. The van der Waals surface area contributed by atoms with E-state index in [1.165, 1.54) is 0 Å². The summed E-state index contributed by atoms with van der Waals surface area (Å²) in [5, 5.41) is 8.95. The Hall–Kier alpha value is -0.970. The first-order valence-electron chi connectivity index (χ1n) is 6.82. The van der Waals surface area contributed by atoms with Crippen LogP contribution in [0.3, 0.4) is 0 Å². The van der Waals surface area contributed by atoms with E-state index in [-0.39, 0.29) is 5.91 Å². The summed E-state index contributed by atoms with van der Waals surface area (Å²) in [6, 6.07) is 1.85. The van der Waals surface area contributed by atoms with E-state index in [1.807, 2.05) is 24.8 Å². The van der Waals surface area contributed by atoms with Crippen LogP contribution in [0.2, 0.25) is 0 Å². The van der Waals surface area contributed by atoms with Crippen LogP contribution in [0.15, 0.2) is 6.07 Å². The molecule has 0 saturated heterocycles. The zero-order valence-electron chi connectivity index (χ0n) is 11.9. The number of hydrogen-bond acceptors (Lipinski definition) is 3. The Balaban J connectivity index is 2.97. The van der Waals surface area contributed by atoms with Crippen molar-refractivity contribution in [3.8, 4) is 0 Å². The standard InChI is InChI=1S/C14H22BrN3O/c1-4-6-8-18(9-7-15)14(19)12-10-11(3)16-17-13(12)5-2/h10H,4-9H2,1-3H3. The molecule has 5 heteroatoms. The number of alkyl halides is 1. The summed E-state index contributed by atoms with van der Waals surface area (Å²) in [6.07, 6.45) is 2.84. The van der Waals surface area contributed by atoms with Gasteiger partial charge in [0.2, 0.25) is 0 Å². The van der Waals surface area contributed by atoms with E-state index >= 15 is 0 Å². The second-order valence-electron chi connectivity index (χ2n) is 4.53. The lowest BCUT2D eigenvalue weighted by atomic mass is 10.1. The molecule has 0 fully saturated rings. The van der Waals surface area contributed by atoms with Gasteiger partial charge in [-0.25, -0.2) is 0 Å². The van der Waals surface area contributed by atoms with Gasteiger partial charge in [-0.2, -0.15) is 10.2 Å². The fourth-order valence-electron chi connectivity index (χ4n) is 1.90. The van der Waals surface area contributed by atoms with Crippen LogP contribution in [0.4, 0.5) is 0 Å². The number of rotatable bonds is 7. The van der Waals surface area contributed by atoms with E-state index in [4.69, 9.17) is 0 Å². The predicted octanol–water partition coefficient (Wildman–Crippen LogP) is 2.98. The van der Waals surface area contributed by atoms with Crippen molar-refractivity contribution in [3.05, 3.63) is 23.0 Å². The number of amides is 1. The third kappa shape index (κ3) is 4.56. The highest BCUT2D eigenvalue weighted by Crippen LogP contribution is 2.12. The largest absolute Gasteiger partial charge is 0.338 e. The van der Waals surface area contributed by atoms with Gasteiger partial charge in [-0.05, 0) is 25.8 Å². The van der Waals surface area contributed by atoms with E-state index in [9.17, 15) is 4.79 Å². The minimum absolute atomic E-state index is 0.0720. The minimum atomic E-state index is 0.0720. The van der Waals surface area contributed by atoms with Gasteiger partial charge in [0.05, 0.1) is 17.0 Å². The van der Waals surface area contributed by atoms with Gasteiger partial charge in [0, 0.05) is 18.4 Å². The van der Waals surface area contributed by atoms with Gasteiger partial charge >= 0.3 is 0 Å². The van der Waals surface area contributed by atoms with Crippen molar-refractivity contribution < 1.29 is 4.79 Å². The first-order chi connectivity index (χ1) is 9.13. The van der Waals surface area contributed by atoms with Crippen molar-refractivity contribution in [2.75, 3.05) is 18.4 Å². The molecule has 0 bridgehead atoms. The van der Waals surface area contributed by atoms with E-state index in [1.54, 1.807) is 0 Å². The first kappa shape index (κ1) is 16.1. The van der Waals surface area contributed by atoms with Gasteiger partial charge in [-0.1, -0.05) is 36.2 Å². The minimum Gasteiger partial charge on any atom is -0.338 e. The highest BCUT2D eigenvalue weighted by Gasteiger charge is 2.19. The topological polar surface area (TPSA) is 46.1 Å². The highest BCUT2D eigenvalue weighted by atomic mass is 79.9. The second-order valence-corrected chi connectivity index (χ2v) is 5.33. The SMILES string of the molecule is CCCCN(CCBr)C(=O)c1cc(C)nnc1CC. The van der Waals surface area contributed by atoms with Crippen LogP contribution >= 0.6 is 15.9 Å². The molecule has 0 aliphatic rings. The maximum absolute atomic E-state index is 12.6. The van der Waals surface area contributed by atoms with Crippen LogP contribution in [-0.4, -0.2) is 39.4 Å². The Morgan fingerprint density at radius 1 is 1.32 bits per heavy atom.